The normalized spacial score (nSPS) is 18.4. The first-order chi connectivity index (χ1) is 7.41. The summed E-state index contributed by atoms with van der Waals surface area (Å²) < 4.78 is 0.905. The molecule has 0 amide bonds. The Morgan fingerprint density at radius 1 is 1.19 bits per heavy atom. The van der Waals surface area contributed by atoms with Gasteiger partial charge in [0.2, 0.25) is 0 Å². The highest BCUT2D eigenvalue weighted by atomic mass is 32.2. The van der Waals surface area contributed by atoms with E-state index in [9.17, 15) is 9.59 Å². The minimum atomic E-state index is 0.0125. The predicted molar refractivity (Wildman–Crippen MR) is 71.0 cm³/mol. The van der Waals surface area contributed by atoms with E-state index < -0.39 is 0 Å². The van der Waals surface area contributed by atoms with Crippen LogP contribution in [0.2, 0.25) is 0 Å². The Hall–Kier alpha value is -0.480. The van der Waals surface area contributed by atoms with Gasteiger partial charge in [0, 0.05) is 17.9 Å². The Morgan fingerprint density at radius 3 is 2.31 bits per heavy atom. The Kier molecular flexibility index (Phi) is 4.87. The molecule has 0 spiro atoms. The van der Waals surface area contributed by atoms with Gasteiger partial charge in [-0.2, -0.15) is 0 Å². The fraction of sp³-hybridized carbons (Fsp3) is 0.500. The molecule has 0 saturated carbocycles. The zero-order chi connectivity index (χ0) is 12.3. The second kappa shape index (κ2) is 5.73. The second-order valence-electron chi connectivity index (χ2n) is 4.24. The SMILES string of the molecule is CC(C)C(=O)/C=C1\SC=C(C(=O)C(C)C)S1. The van der Waals surface area contributed by atoms with Crippen LogP contribution in [0, 0.1) is 11.8 Å². The van der Waals surface area contributed by atoms with Gasteiger partial charge in [0.1, 0.15) is 0 Å². The Balaban J connectivity index is 2.64. The molecule has 0 aromatic heterocycles. The largest absolute Gasteiger partial charge is 0.295 e. The Labute approximate surface area is 105 Å². The van der Waals surface area contributed by atoms with Crippen LogP contribution in [0.15, 0.2) is 20.6 Å². The first kappa shape index (κ1) is 13.6. The van der Waals surface area contributed by atoms with Gasteiger partial charge in [-0.1, -0.05) is 51.2 Å². The van der Waals surface area contributed by atoms with E-state index in [-0.39, 0.29) is 23.4 Å². The van der Waals surface area contributed by atoms with E-state index in [1.165, 1.54) is 23.5 Å². The molecule has 0 aromatic rings. The number of carbonyl (C=O) groups is 2. The van der Waals surface area contributed by atoms with Crippen molar-refractivity contribution < 1.29 is 9.59 Å². The molecule has 0 unspecified atom stereocenters. The van der Waals surface area contributed by atoms with Crippen LogP contribution in [-0.2, 0) is 9.59 Å². The Morgan fingerprint density at radius 2 is 1.81 bits per heavy atom. The molecule has 0 aliphatic carbocycles. The number of carbonyl (C=O) groups excluding carboxylic acids is 2. The van der Waals surface area contributed by atoms with Gasteiger partial charge in [-0.25, -0.2) is 0 Å². The standard InChI is InChI=1S/C12H16O2S2/c1-7(2)9(13)5-11-15-6-10(16-11)12(14)8(3)4/h5-8H,1-4H3/b11-5+. The summed E-state index contributed by atoms with van der Waals surface area (Å²) in [6.07, 6.45) is 1.64. The van der Waals surface area contributed by atoms with E-state index in [1.807, 2.05) is 33.1 Å². The molecule has 0 radical (unpaired) electrons. The first-order valence-corrected chi connectivity index (χ1v) is 6.96. The van der Waals surface area contributed by atoms with Crippen molar-refractivity contribution in [1.29, 1.82) is 0 Å². The smallest absolute Gasteiger partial charge is 0.172 e. The van der Waals surface area contributed by atoms with E-state index in [4.69, 9.17) is 0 Å². The summed E-state index contributed by atoms with van der Waals surface area (Å²) in [5.74, 6) is 0.289. The number of allylic oxidation sites excluding steroid dienone is 2. The summed E-state index contributed by atoms with van der Waals surface area (Å²) in [7, 11) is 0. The van der Waals surface area contributed by atoms with E-state index in [2.05, 4.69) is 0 Å². The number of Topliss-reactive ketones (excluding diaryl/α,β-unsaturated/α-hetero) is 1. The van der Waals surface area contributed by atoms with Crippen molar-refractivity contribution in [3.8, 4) is 0 Å². The maximum Gasteiger partial charge on any atom is 0.172 e. The molecule has 0 bridgehead atoms. The highest BCUT2D eigenvalue weighted by Gasteiger charge is 2.21. The molecule has 0 fully saturated rings. The van der Waals surface area contributed by atoms with Crippen molar-refractivity contribution in [3.63, 3.8) is 0 Å². The Bertz CT molecular complexity index is 365. The van der Waals surface area contributed by atoms with Crippen LogP contribution in [-0.4, -0.2) is 11.6 Å². The second-order valence-corrected chi connectivity index (χ2v) is 6.49. The molecule has 88 valence electrons. The molecule has 0 atom stereocenters. The molecule has 2 nitrogen and oxygen atoms in total. The average Bonchev–Trinajstić information content (AvgIpc) is 2.64. The zero-order valence-electron chi connectivity index (χ0n) is 9.94. The first-order valence-electron chi connectivity index (χ1n) is 5.26. The van der Waals surface area contributed by atoms with Crippen molar-refractivity contribution in [1.82, 2.24) is 0 Å². The molecule has 16 heavy (non-hydrogen) atoms. The van der Waals surface area contributed by atoms with Crippen LogP contribution >= 0.6 is 23.5 Å². The van der Waals surface area contributed by atoms with Crippen molar-refractivity contribution in [3.05, 3.63) is 20.6 Å². The van der Waals surface area contributed by atoms with Gasteiger partial charge in [0.15, 0.2) is 11.6 Å². The summed E-state index contributed by atoms with van der Waals surface area (Å²) in [5.41, 5.74) is 0. The minimum Gasteiger partial charge on any atom is -0.295 e. The molecule has 0 N–H and O–H groups in total. The summed E-state index contributed by atoms with van der Waals surface area (Å²) in [5, 5.41) is 1.84. The average molecular weight is 256 g/mol. The van der Waals surface area contributed by atoms with Gasteiger partial charge in [0.05, 0.1) is 9.14 Å². The predicted octanol–water partition coefficient (Wildman–Crippen LogP) is 3.60. The monoisotopic (exact) mass is 256 g/mol. The van der Waals surface area contributed by atoms with Crippen molar-refractivity contribution in [2.75, 3.05) is 0 Å². The van der Waals surface area contributed by atoms with Crippen LogP contribution in [0.3, 0.4) is 0 Å². The lowest BCUT2D eigenvalue weighted by atomic mass is 10.1. The molecular weight excluding hydrogens is 240 g/mol. The molecule has 1 aliphatic heterocycles. The number of rotatable bonds is 4. The number of hydrogen-bond donors (Lipinski definition) is 0. The molecule has 1 rings (SSSR count). The molecule has 1 aliphatic rings. The molecule has 4 heteroatoms. The van der Waals surface area contributed by atoms with Gasteiger partial charge in [-0.3, -0.25) is 9.59 Å². The minimum absolute atomic E-state index is 0.0125. The lowest BCUT2D eigenvalue weighted by molar-refractivity contribution is -0.118. The third-order valence-electron chi connectivity index (χ3n) is 2.09. The molecule has 0 saturated heterocycles. The lowest BCUT2D eigenvalue weighted by Crippen LogP contribution is -2.06. The summed E-state index contributed by atoms with van der Waals surface area (Å²) in [6, 6.07) is 0. The van der Waals surface area contributed by atoms with Gasteiger partial charge in [0.25, 0.3) is 0 Å². The van der Waals surface area contributed by atoms with Gasteiger partial charge in [-0.05, 0) is 5.41 Å². The van der Waals surface area contributed by atoms with Gasteiger partial charge in [-0.15, -0.1) is 0 Å². The van der Waals surface area contributed by atoms with E-state index in [0.717, 1.165) is 9.14 Å². The van der Waals surface area contributed by atoms with Crippen LogP contribution < -0.4 is 0 Å². The maximum absolute atomic E-state index is 11.7. The number of hydrogen-bond acceptors (Lipinski definition) is 4. The van der Waals surface area contributed by atoms with Crippen LogP contribution in [0.1, 0.15) is 27.7 Å². The molecule has 0 aromatic carbocycles. The topological polar surface area (TPSA) is 34.1 Å². The number of ketones is 2. The van der Waals surface area contributed by atoms with Crippen LogP contribution in [0.4, 0.5) is 0 Å². The molecular formula is C12H16O2S2. The third-order valence-corrected chi connectivity index (χ3v) is 4.34. The fourth-order valence-corrected chi connectivity index (χ4v) is 3.20. The highest BCUT2D eigenvalue weighted by molar-refractivity contribution is 8.28. The van der Waals surface area contributed by atoms with Crippen molar-refractivity contribution in [2.24, 2.45) is 11.8 Å². The summed E-state index contributed by atoms with van der Waals surface area (Å²) in [4.78, 5) is 23.9. The van der Waals surface area contributed by atoms with Crippen molar-refractivity contribution in [2.45, 2.75) is 27.7 Å². The summed E-state index contributed by atoms with van der Waals surface area (Å²) >= 11 is 2.87. The summed E-state index contributed by atoms with van der Waals surface area (Å²) in [6.45, 7) is 7.51. The fourth-order valence-electron chi connectivity index (χ4n) is 1.01. The zero-order valence-corrected chi connectivity index (χ0v) is 11.6. The lowest BCUT2D eigenvalue weighted by Gasteiger charge is -2.03. The maximum atomic E-state index is 11.7. The van der Waals surface area contributed by atoms with Crippen LogP contribution in [0.5, 0.6) is 0 Å². The van der Waals surface area contributed by atoms with E-state index >= 15 is 0 Å². The third kappa shape index (κ3) is 3.52. The van der Waals surface area contributed by atoms with E-state index in [0.29, 0.717) is 0 Å². The van der Waals surface area contributed by atoms with E-state index in [1.54, 1.807) is 6.08 Å². The quantitative estimate of drug-likeness (QED) is 0.720. The van der Waals surface area contributed by atoms with Crippen LogP contribution in [0.25, 0.3) is 0 Å². The van der Waals surface area contributed by atoms with Gasteiger partial charge >= 0.3 is 0 Å². The number of thioether (sulfide) groups is 2. The highest BCUT2D eigenvalue weighted by Crippen LogP contribution is 2.44. The molecule has 1 heterocycles. The van der Waals surface area contributed by atoms with Crippen molar-refractivity contribution >= 4 is 35.1 Å². The van der Waals surface area contributed by atoms with Gasteiger partial charge < -0.3 is 0 Å².